The van der Waals surface area contributed by atoms with Gasteiger partial charge in [-0.25, -0.2) is 4.98 Å². The molecule has 3 aromatic rings. The van der Waals surface area contributed by atoms with Crippen LogP contribution in [-0.4, -0.2) is 29.3 Å². The third kappa shape index (κ3) is 3.83. The van der Waals surface area contributed by atoms with Gasteiger partial charge in [-0.15, -0.1) is 13.2 Å². The van der Waals surface area contributed by atoms with Crippen LogP contribution < -0.4 is 4.74 Å². The summed E-state index contributed by atoms with van der Waals surface area (Å²) in [6.07, 6.45) is -3.72. The van der Waals surface area contributed by atoms with E-state index >= 15 is 0 Å². The second-order valence-corrected chi connectivity index (χ2v) is 6.43. The highest BCUT2D eigenvalue weighted by atomic mass is 19.4. The lowest BCUT2D eigenvalue weighted by atomic mass is 10.1. The van der Waals surface area contributed by atoms with E-state index in [0.29, 0.717) is 6.54 Å². The number of hydrogen-bond donors (Lipinski definition) is 0. The maximum Gasteiger partial charge on any atom is 0.573 e. The molecule has 1 fully saturated rings. The van der Waals surface area contributed by atoms with Crippen molar-refractivity contribution in [2.75, 3.05) is 13.1 Å². The molecule has 0 spiro atoms. The number of halogens is 3. The minimum atomic E-state index is -4.66. The predicted octanol–water partition coefficient (Wildman–Crippen LogP) is 4.72. The van der Waals surface area contributed by atoms with E-state index in [9.17, 15) is 13.2 Å². The van der Waals surface area contributed by atoms with Crippen LogP contribution in [-0.2, 0) is 6.54 Å². The van der Waals surface area contributed by atoms with Crippen LogP contribution in [0.2, 0.25) is 0 Å². The highest BCUT2D eigenvalue weighted by molar-refractivity contribution is 5.72. The van der Waals surface area contributed by atoms with Gasteiger partial charge < -0.3 is 9.15 Å². The molecule has 26 heavy (non-hydrogen) atoms. The summed E-state index contributed by atoms with van der Waals surface area (Å²) in [6, 6.07) is 13.7. The first-order chi connectivity index (χ1) is 12.5. The Morgan fingerprint density at radius 2 is 1.88 bits per heavy atom. The fourth-order valence-corrected chi connectivity index (χ4v) is 3.30. The zero-order valence-corrected chi connectivity index (χ0v) is 13.9. The molecular weight excluding hydrogens is 345 g/mol. The molecule has 136 valence electrons. The molecule has 1 aromatic heterocycles. The Morgan fingerprint density at radius 1 is 1.12 bits per heavy atom. The van der Waals surface area contributed by atoms with E-state index in [4.69, 9.17) is 4.42 Å². The Labute approximate surface area is 148 Å². The van der Waals surface area contributed by atoms with Crippen LogP contribution in [0, 0.1) is 0 Å². The van der Waals surface area contributed by atoms with E-state index < -0.39 is 6.36 Å². The van der Waals surface area contributed by atoms with Gasteiger partial charge in [0.2, 0.25) is 0 Å². The van der Waals surface area contributed by atoms with Crippen LogP contribution in [0.25, 0.3) is 11.1 Å². The second kappa shape index (κ2) is 6.64. The molecule has 4 rings (SSSR count). The Hall–Kier alpha value is -2.54. The van der Waals surface area contributed by atoms with Crippen molar-refractivity contribution in [3.8, 4) is 5.75 Å². The summed E-state index contributed by atoms with van der Waals surface area (Å²) in [5, 5.41) is 0. The van der Waals surface area contributed by atoms with Crippen molar-refractivity contribution in [2.45, 2.75) is 25.2 Å². The molecule has 1 atom stereocenters. The normalized spacial score (nSPS) is 18.5. The van der Waals surface area contributed by atoms with Crippen molar-refractivity contribution < 1.29 is 22.3 Å². The predicted molar refractivity (Wildman–Crippen MR) is 89.8 cm³/mol. The summed E-state index contributed by atoms with van der Waals surface area (Å²) in [4.78, 5) is 6.81. The molecular formula is C19H17F3N2O2. The van der Waals surface area contributed by atoms with Crippen molar-refractivity contribution in [3.63, 3.8) is 0 Å². The molecule has 0 saturated carbocycles. The molecule has 1 saturated heterocycles. The summed E-state index contributed by atoms with van der Waals surface area (Å²) in [6.45, 7) is 2.38. The van der Waals surface area contributed by atoms with E-state index in [-0.39, 0.29) is 11.7 Å². The van der Waals surface area contributed by atoms with Crippen molar-refractivity contribution in [1.29, 1.82) is 0 Å². The molecule has 0 radical (unpaired) electrons. The van der Waals surface area contributed by atoms with E-state index in [2.05, 4.69) is 14.6 Å². The number of rotatable bonds is 4. The number of fused-ring (bicyclic) bond motifs is 1. The highest BCUT2D eigenvalue weighted by Gasteiger charge is 2.31. The lowest BCUT2D eigenvalue weighted by Gasteiger charge is -2.16. The van der Waals surface area contributed by atoms with Crippen LogP contribution >= 0.6 is 0 Å². The zero-order valence-electron chi connectivity index (χ0n) is 13.9. The minimum absolute atomic E-state index is 0.202. The molecule has 0 amide bonds. The molecule has 0 aliphatic carbocycles. The number of ether oxygens (including phenoxy) is 1. The Kier molecular flexibility index (Phi) is 4.32. The van der Waals surface area contributed by atoms with Gasteiger partial charge in [0.15, 0.2) is 11.5 Å². The van der Waals surface area contributed by atoms with Crippen molar-refractivity contribution in [2.24, 2.45) is 0 Å². The van der Waals surface area contributed by atoms with Gasteiger partial charge in [0.05, 0.1) is 0 Å². The summed E-state index contributed by atoms with van der Waals surface area (Å²) < 4.78 is 46.4. The van der Waals surface area contributed by atoms with Crippen molar-refractivity contribution in [1.82, 2.24) is 9.88 Å². The molecule has 2 aromatic carbocycles. The molecule has 0 N–H and O–H groups in total. The lowest BCUT2D eigenvalue weighted by Crippen LogP contribution is -2.20. The fraction of sp³-hybridized carbons (Fsp3) is 0.316. The largest absolute Gasteiger partial charge is 0.573 e. The number of aromatic nitrogens is 1. The molecule has 1 aliphatic heterocycles. The maximum atomic E-state index is 12.2. The molecule has 0 unspecified atom stereocenters. The Bertz CT molecular complexity index is 857. The average molecular weight is 362 g/mol. The SMILES string of the molecule is FC(F)(F)Oc1ccc(CN2CC[C@@H](c3nc4ccccc4o3)C2)cc1. The van der Waals surface area contributed by atoms with Gasteiger partial charge >= 0.3 is 6.36 Å². The number of para-hydroxylation sites is 2. The molecule has 7 heteroatoms. The average Bonchev–Trinajstić information content (AvgIpc) is 3.21. The van der Waals surface area contributed by atoms with Gasteiger partial charge in [0.1, 0.15) is 11.3 Å². The number of likely N-dealkylation sites (tertiary alicyclic amines) is 1. The first-order valence-electron chi connectivity index (χ1n) is 8.39. The monoisotopic (exact) mass is 362 g/mol. The van der Waals surface area contributed by atoms with Gasteiger partial charge in [-0.05, 0) is 42.8 Å². The summed E-state index contributed by atoms with van der Waals surface area (Å²) in [7, 11) is 0. The van der Waals surface area contributed by atoms with Crippen LogP contribution in [0.4, 0.5) is 13.2 Å². The first kappa shape index (κ1) is 16.9. The molecule has 0 bridgehead atoms. The van der Waals surface area contributed by atoms with E-state index in [0.717, 1.165) is 42.1 Å². The van der Waals surface area contributed by atoms with Crippen molar-refractivity contribution in [3.05, 3.63) is 60.0 Å². The first-order valence-corrected chi connectivity index (χ1v) is 8.39. The smallest absolute Gasteiger partial charge is 0.440 e. The third-order valence-corrected chi connectivity index (χ3v) is 4.50. The van der Waals surface area contributed by atoms with Gasteiger partial charge in [-0.1, -0.05) is 24.3 Å². The third-order valence-electron chi connectivity index (χ3n) is 4.50. The number of hydrogen-bond acceptors (Lipinski definition) is 4. The Morgan fingerprint density at radius 3 is 2.62 bits per heavy atom. The van der Waals surface area contributed by atoms with E-state index in [1.54, 1.807) is 12.1 Å². The quantitative estimate of drug-likeness (QED) is 0.673. The maximum absolute atomic E-state index is 12.2. The summed E-state index contributed by atoms with van der Waals surface area (Å²) >= 11 is 0. The van der Waals surface area contributed by atoms with Crippen LogP contribution in [0.5, 0.6) is 5.75 Å². The number of oxazole rings is 1. The standard InChI is InChI=1S/C19H17F3N2O2/c20-19(21,22)26-15-7-5-13(6-8-15)11-24-10-9-14(12-24)18-23-16-3-1-2-4-17(16)25-18/h1-8,14H,9-12H2/t14-/m1/s1. The van der Waals surface area contributed by atoms with Crippen molar-refractivity contribution >= 4 is 11.1 Å². The number of nitrogens with zero attached hydrogens (tertiary/aromatic N) is 2. The summed E-state index contributed by atoms with van der Waals surface area (Å²) in [5.74, 6) is 0.782. The summed E-state index contributed by atoms with van der Waals surface area (Å²) in [5.41, 5.74) is 2.60. The highest BCUT2D eigenvalue weighted by Crippen LogP contribution is 2.30. The Balaban J connectivity index is 1.38. The van der Waals surface area contributed by atoms with E-state index in [1.807, 2.05) is 24.3 Å². The molecule has 1 aliphatic rings. The van der Waals surface area contributed by atoms with Crippen LogP contribution in [0.3, 0.4) is 0 Å². The van der Waals surface area contributed by atoms with Crippen LogP contribution in [0.1, 0.15) is 23.8 Å². The molecule has 4 nitrogen and oxygen atoms in total. The molecule has 2 heterocycles. The minimum Gasteiger partial charge on any atom is -0.440 e. The lowest BCUT2D eigenvalue weighted by molar-refractivity contribution is -0.274. The van der Waals surface area contributed by atoms with Gasteiger partial charge in [-0.2, -0.15) is 0 Å². The van der Waals surface area contributed by atoms with E-state index in [1.165, 1.54) is 12.1 Å². The zero-order chi connectivity index (χ0) is 18.1. The second-order valence-electron chi connectivity index (χ2n) is 6.43. The van der Waals surface area contributed by atoms with Gasteiger partial charge in [0.25, 0.3) is 0 Å². The van der Waals surface area contributed by atoms with Gasteiger partial charge in [0, 0.05) is 19.0 Å². The number of alkyl halides is 3. The number of benzene rings is 2. The van der Waals surface area contributed by atoms with Crippen LogP contribution in [0.15, 0.2) is 52.9 Å². The van der Waals surface area contributed by atoms with Gasteiger partial charge in [-0.3, -0.25) is 4.90 Å². The topological polar surface area (TPSA) is 38.5 Å². The fourth-order valence-electron chi connectivity index (χ4n) is 3.30.